The van der Waals surface area contributed by atoms with E-state index in [9.17, 15) is 4.79 Å². The van der Waals surface area contributed by atoms with Gasteiger partial charge in [0.15, 0.2) is 5.69 Å². The molecule has 0 saturated heterocycles. The number of hydrogen-bond donors (Lipinski definition) is 1. The van der Waals surface area contributed by atoms with Crippen molar-refractivity contribution in [2.75, 3.05) is 12.3 Å². The fourth-order valence-corrected chi connectivity index (χ4v) is 1.17. The van der Waals surface area contributed by atoms with Gasteiger partial charge in [0, 0.05) is 6.20 Å². The molecule has 0 spiro atoms. The standard InChI is InChI=1S/C10H13ClN2O2/c1-2-3-6-15-10(14)9-8(11)7(12)4-5-13-9/h4-5H,2-3,6H2,1H3,(H2,12,13). The second-order valence-electron chi connectivity index (χ2n) is 3.05. The SMILES string of the molecule is CCCCOC(=O)c1nccc(N)c1Cl. The molecule has 0 saturated carbocycles. The monoisotopic (exact) mass is 228 g/mol. The molecule has 0 radical (unpaired) electrons. The summed E-state index contributed by atoms with van der Waals surface area (Å²) in [4.78, 5) is 15.3. The van der Waals surface area contributed by atoms with Gasteiger partial charge in [0.2, 0.25) is 0 Å². The summed E-state index contributed by atoms with van der Waals surface area (Å²) in [5, 5.41) is 0.152. The van der Waals surface area contributed by atoms with E-state index < -0.39 is 5.97 Å². The molecule has 0 aliphatic rings. The lowest BCUT2D eigenvalue weighted by Gasteiger charge is -2.05. The maximum atomic E-state index is 11.5. The first-order valence-corrected chi connectivity index (χ1v) is 5.11. The van der Waals surface area contributed by atoms with Gasteiger partial charge in [-0.2, -0.15) is 0 Å². The van der Waals surface area contributed by atoms with Gasteiger partial charge in [-0.25, -0.2) is 9.78 Å². The van der Waals surface area contributed by atoms with E-state index in [-0.39, 0.29) is 10.7 Å². The van der Waals surface area contributed by atoms with Crippen LogP contribution < -0.4 is 5.73 Å². The summed E-state index contributed by atoms with van der Waals surface area (Å²) in [6.45, 7) is 2.39. The number of esters is 1. The number of pyridine rings is 1. The summed E-state index contributed by atoms with van der Waals surface area (Å²) >= 11 is 5.81. The van der Waals surface area contributed by atoms with E-state index in [0.717, 1.165) is 12.8 Å². The fourth-order valence-electron chi connectivity index (χ4n) is 0.979. The average molecular weight is 229 g/mol. The van der Waals surface area contributed by atoms with Crippen molar-refractivity contribution in [1.82, 2.24) is 4.98 Å². The van der Waals surface area contributed by atoms with E-state index in [2.05, 4.69) is 4.98 Å². The van der Waals surface area contributed by atoms with E-state index in [4.69, 9.17) is 22.1 Å². The highest BCUT2D eigenvalue weighted by atomic mass is 35.5. The lowest BCUT2D eigenvalue weighted by Crippen LogP contribution is -2.10. The van der Waals surface area contributed by atoms with Crippen LogP contribution in [0.15, 0.2) is 12.3 Å². The van der Waals surface area contributed by atoms with E-state index in [1.165, 1.54) is 12.3 Å². The van der Waals surface area contributed by atoms with Gasteiger partial charge in [0.25, 0.3) is 0 Å². The predicted octanol–water partition coefficient (Wildman–Crippen LogP) is 2.27. The first-order chi connectivity index (χ1) is 7.16. The van der Waals surface area contributed by atoms with Crippen LogP contribution in [0.1, 0.15) is 30.3 Å². The average Bonchev–Trinajstić information content (AvgIpc) is 2.22. The highest BCUT2D eigenvalue weighted by Crippen LogP contribution is 2.21. The first-order valence-electron chi connectivity index (χ1n) is 4.74. The van der Waals surface area contributed by atoms with E-state index in [1.807, 2.05) is 6.92 Å². The largest absolute Gasteiger partial charge is 0.461 e. The third-order valence-electron chi connectivity index (χ3n) is 1.84. The van der Waals surface area contributed by atoms with Gasteiger partial charge in [-0.1, -0.05) is 24.9 Å². The van der Waals surface area contributed by atoms with Gasteiger partial charge in [-0.05, 0) is 12.5 Å². The molecule has 15 heavy (non-hydrogen) atoms. The molecule has 1 heterocycles. The van der Waals surface area contributed by atoms with E-state index in [0.29, 0.717) is 12.3 Å². The number of hydrogen-bond acceptors (Lipinski definition) is 4. The lowest BCUT2D eigenvalue weighted by atomic mass is 10.3. The molecular weight excluding hydrogens is 216 g/mol. The molecule has 0 bridgehead atoms. The third kappa shape index (κ3) is 3.09. The van der Waals surface area contributed by atoms with Gasteiger partial charge in [0.05, 0.1) is 17.3 Å². The molecule has 0 aliphatic heterocycles. The number of rotatable bonds is 4. The summed E-state index contributed by atoms with van der Waals surface area (Å²) < 4.78 is 4.96. The predicted molar refractivity (Wildman–Crippen MR) is 58.8 cm³/mol. The zero-order chi connectivity index (χ0) is 11.3. The van der Waals surface area contributed by atoms with E-state index >= 15 is 0 Å². The summed E-state index contributed by atoms with van der Waals surface area (Å²) in [7, 11) is 0. The molecule has 0 fully saturated rings. The number of ether oxygens (including phenoxy) is 1. The van der Waals surface area contributed by atoms with Crippen molar-refractivity contribution in [1.29, 1.82) is 0 Å². The van der Waals surface area contributed by atoms with Gasteiger partial charge in [-0.15, -0.1) is 0 Å². The van der Waals surface area contributed by atoms with Crippen LogP contribution in [0.25, 0.3) is 0 Å². The van der Waals surface area contributed by atoms with Crippen LogP contribution in [0.3, 0.4) is 0 Å². The number of nitrogens with two attached hydrogens (primary N) is 1. The van der Waals surface area contributed by atoms with Crippen molar-refractivity contribution in [2.24, 2.45) is 0 Å². The lowest BCUT2D eigenvalue weighted by molar-refractivity contribution is 0.0493. The Morgan fingerprint density at radius 2 is 2.40 bits per heavy atom. The smallest absolute Gasteiger partial charge is 0.358 e. The summed E-state index contributed by atoms with van der Waals surface area (Å²) in [6, 6.07) is 1.53. The van der Waals surface area contributed by atoms with Gasteiger partial charge < -0.3 is 10.5 Å². The molecule has 0 unspecified atom stereocenters. The van der Waals surface area contributed by atoms with Crippen molar-refractivity contribution < 1.29 is 9.53 Å². The Labute approximate surface area is 93.4 Å². The normalized spacial score (nSPS) is 10.0. The quantitative estimate of drug-likeness (QED) is 0.634. The third-order valence-corrected chi connectivity index (χ3v) is 2.24. The van der Waals surface area contributed by atoms with Crippen LogP contribution in [-0.2, 0) is 4.74 Å². The minimum absolute atomic E-state index is 0.0766. The Balaban J connectivity index is 2.69. The second-order valence-corrected chi connectivity index (χ2v) is 3.43. The summed E-state index contributed by atoms with van der Waals surface area (Å²) in [6.07, 6.45) is 3.22. The summed E-state index contributed by atoms with van der Waals surface area (Å²) in [5.41, 5.74) is 5.94. The van der Waals surface area contributed by atoms with Crippen molar-refractivity contribution >= 4 is 23.3 Å². The number of carbonyl (C=O) groups is 1. The number of carbonyl (C=O) groups excluding carboxylic acids is 1. The minimum Gasteiger partial charge on any atom is -0.461 e. The Kier molecular flexibility index (Phi) is 4.37. The number of unbranched alkanes of at least 4 members (excludes halogenated alkanes) is 1. The number of aromatic nitrogens is 1. The van der Waals surface area contributed by atoms with Crippen LogP contribution in [0, 0.1) is 0 Å². The molecule has 1 rings (SSSR count). The Hall–Kier alpha value is -1.29. The van der Waals surface area contributed by atoms with Crippen LogP contribution >= 0.6 is 11.6 Å². The summed E-state index contributed by atoms with van der Waals surface area (Å²) in [5.74, 6) is -0.527. The molecule has 0 aromatic carbocycles. The Bertz CT molecular complexity index is 355. The van der Waals surface area contributed by atoms with Gasteiger partial charge >= 0.3 is 5.97 Å². The minimum atomic E-state index is -0.527. The van der Waals surface area contributed by atoms with Crippen molar-refractivity contribution in [3.8, 4) is 0 Å². The first kappa shape index (κ1) is 11.8. The topological polar surface area (TPSA) is 65.2 Å². The molecule has 0 amide bonds. The second kappa shape index (κ2) is 5.56. The molecule has 2 N–H and O–H groups in total. The van der Waals surface area contributed by atoms with Crippen LogP contribution in [0.2, 0.25) is 5.02 Å². The van der Waals surface area contributed by atoms with Crippen molar-refractivity contribution in [3.05, 3.63) is 23.0 Å². The maximum absolute atomic E-state index is 11.5. The number of nitrogen functional groups attached to an aromatic ring is 1. The van der Waals surface area contributed by atoms with Gasteiger partial charge in [-0.3, -0.25) is 0 Å². The highest BCUT2D eigenvalue weighted by Gasteiger charge is 2.14. The number of anilines is 1. The molecule has 5 heteroatoms. The van der Waals surface area contributed by atoms with Crippen LogP contribution in [0.4, 0.5) is 5.69 Å². The molecule has 82 valence electrons. The van der Waals surface area contributed by atoms with Crippen LogP contribution in [-0.4, -0.2) is 17.6 Å². The van der Waals surface area contributed by atoms with Gasteiger partial charge in [0.1, 0.15) is 0 Å². The molecular formula is C10H13ClN2O2. The number of halogens is 1. The zero-order valence-electron chi connectivity index (χ0n) is 8.50. The zero-order valence-corrected chi connectivity index (χ0v) is 9.25. The molecule has 1 aromatic heterocycles. The number of nitrogens with zero attached hydrogens (tertiary/aromatic N) is 1. The molecule has 0 atom stereocenters. The molecule has 4 nitrogen and oxygen atoms in total. The Morgan fingerprint density at radius 1 is 1.67 bits per heavy atom. The van der Waals surface area contributed by atoms with Crippen LogP contribution in [0.5, 0.6) is 0 Å². The highest BCUT2D eigenvalue weighted by molar-refractivity contribution is 6.35. The maximum Gasteiger partial charge on any atom is 0.358 e. The molecule has 1 aromatic rings. The van der Waals surface area contributed by atoms with Crippen molar-refractivity contribution in [2.45, 2.75) is 19.8 Å². The van der Waals surface area contributed by atoms with Crippen molar-refractivity contribution in [3.63, 3.8) is 0 Å². The van der Waals surface area contributed by atoms with E-state index in [1.54, 1.807) is 0 Å². The Morgan fingerprint density at radius 3 is 3.07 bits per heavy atom. The molecule has 0 aliphatic carbocycles. The fraction of sp³-hybridized carbons (Fsp3) is 0.400.